The summed E-state index contributed by atoms with van der Waals surface area (Å²) < 4.78 is 0. The van der Waals surface area contributed by atoms with Gasteiger partial charge < -0.3 is 15.1 Å². The van der Waals surface area contributed by atoms with Gasteiger partial charge in [-0.25, -0.2) is 0 Å². The molecule has 1 atom stereocenters. The van der Waals surface area contributed by atoms with Crippen LogP contribution in [0.15, 0.2) is 42.5 Å². The molecule has 144 valence electrons. The van der Waals surface area contributed by atoms with E-state index in [1.54, 1.807) is 0 Å². The van der Waals surface area contributed by atoms with E-state index in [1.807, 2.05) is 48.2 Å². The van der Waals surface area contributed by atoms with Crippen molar-refractivity contribution in [2.75, 3.05) is 40.3 Å². The van der Waals surface area contributed by atoms with E-state index in [0.29, 0.717) is 19.5 Å². The number of hydrogen-bond acceptors (Lipinski definition) is 3. The maximum absolute atomic E-state index is 12.9. The van der Waals surface area contributed by atoms with E-state index in [2.05, 4.69) is 23.5 Å². The highest BCUT2D eigenvalue weighted by Gasteiger charge is 2.28. The first kappa shape index (κ1) is 19.4. The summed E-state index contributed by atoms with van der Waals surface area (Å²) in [5.41, 5.74) is 1.05. The molecule has 1 saturated heterocycles. The smallest absolute Gasteiger partial charge is 0.227 e. The SMILES string of the molecule is CN(C)CCNC(=O)[C@H]1CCCN(C(=O)Cc2cccc3ccccc23)C1. The van der Waals surface area contributed by atoms with Crippen molar-refractivity contribution in [3.8, 4) is 0 Å². The number of nitrogens with one attached hydrogen (secondary N) is 1. The number of benzene rings is 2. The maximum atomic E-state index is 12.9. The van der Waals surface area contributed by atoms with Crippen LogP contribution in [0.4, 0.5) is 0 Å². The van der Waals surface area contributed by atoms with Crippen molar-refractivity contribution in [1.29, 1.82) is 0 Å². The van der Waals surface area contributed by atoms with E-state index in [4.69, 9.17) is 0 Å². The van der Waals surface area contributed by atoms with Gasteiger partial charge in [0.1, 0.15) is 0 Å². The van der Waals surface area contributed by atoms with Gasteiger partial charge in [0.25, 0.3) is 0 Å². The van der Waals surface area contributed by atoms with Gasteiger partial charge in [0.2, 0.25) is 11.8 Å². The van der Waals surface area contributed by atoms with Gasteiger partial charge in [-0.15, -0.1) is 0 Å². The fourth-order valence-electron chi connectivity index (χ4n) is 3.69. The van der Waals surface area contributed by atoms with Crippen molar-refractivity contribution in [3.05, 3.63) is 48.0 Å². The molecule has 2 amide bonds. The van der Waals surface area contributed by atoms with Crippen molar-refractivity contribution in [2.24, 2.45) is 5.92 Å². The molecule has 5 heteroatoms. The Bertz CT molecular complexity index is 798. The molecule has 1 N–H and O–H groups in total. The Morgan fingerprint density at radius 1 is 1.15 bits per heavy atom. The quantitative estimate of drug-likeness (QED) is 0.852. The normalized spacial score (nSPS) is 17.3. The molecule has 0 spiro atoms. The van der Waals surface area contributed by atoms with Gasteiger partial charge >= 0.3 is 0 Å². The number of hydrogen-bond donors (Lipinski definition) is 1. The number of carbonyl (C=O) groups is 2. The molecule has 0 saturated carbocycles. The number of carbonyl (C=O) groups excluding carboxylic acids is 2. The van der Waals surface area contributed by atoms with Gasteiger partial charge in [-0.1, -0.05) is 42.5 Å². The monoisotopic (exact) mass is 367 g/mol. The first-order valence-electron chi connectivity index (χ1n) is 9.71. The molecule has 2 aromatic carbocycles. The number of likely N-dealkylation sites (N-methyl/N-ethyl adjacent to an activating group) is 1. The molecule has 2 aromatic rings. The second-order valence-corrected chi connectivity index (χ2v) is 7.59. The molecule has 27 heavy (non-hydrogen) atoms. The summed E-state index contributed by atoms with van der Waals surface area (Å²) in [6.07, 6.45) is 2.12. The van der Waals surface area contributed by atoms with E-state index < -0.39 is 0 Å². The molecule has 1 aliphatic rings. The van der Waals surface area contributed by atoms with Crippen LogP contribution in [0.5, 0.6) is 0 Å². The van der Waals surface area contributed by atoms with Crippen molar-refractivity contribution in [1.82, 2.24) is 15.1 Å². The van der Waals surface area contributed by atoms with Gasteiger partial charge in [0, 0.05) is 26.2 Å². The number of piperidine rings is 1. The second-order valence-electron chi connectivity index (χ2n) is 7.59. The molecule has 0 unspecified atom stereocenters. The zero-order chi connectivity index (χ0) is 19.2. The Balaban J connectivity index is 1.60. The summed E-state index contributed by atoms with van der Waals surface area (Å²) in [4.78, 5) is 29.2. The minimum atomic E-state index is -0.0996. The van der Waals surface area contributed by atoms with Gasteiger partial charge in [0.05, 0.1) is 12.3 Å². The van der Waals surface area contributed by atoms with E-state index in [9.17, 15) is 9.59 Å². The van der Waals surface area contributed by atoms with Crippen LogP contribution in [0.3, 0.4) is 0 Å². The molecule has 0 radical (unpaired) electrons. The van der Waals surface area contributed by atoms with E-state index in [-0.39, 0.29) is 17.7 Å². The molecular weight excluding hydrogens is 338 g/mol. The number of likely N-dealkylation sites (tertiary alicyclic amines) is 1. The van der Waals surface area contributed by atoms with Crippen LogP contribution in [0, 0.1) is 5.92 Å². The highest BCUT2D eigenvalue weighted by molar-refractivity contribution is 5.90. The molecule has 5 nitrogen and oxygen atoms in total. The standard InChI is InChI=1S/C22H29N3O2/c1-24(2)14-12-23-22(27)19-10-6-13-25(16-19)21(26)15-18-9-5-8-17-7-3-4-11-20(17)18/h3-5,7-9,11,19H,6,10,12-16H2,1-2H3,(H,23,27)/t19-/m0/s1. The lowest BCUT2D eigenvalue weighted by molar-refractivity contribution is -0.135. The van der Waals surface area contributed by atoms with Crippen molar-refractivity contribution < 1.29 is 9.59 Å². The first-order chi connectivity index (χ1) is 13.0. The Morgan fingerprint density at radius 2 is 1.93 bits per heavy atom. The van der Waals surface area contributed by atoms with Gasteiger partial charge in [-0.2, -0.15) is 0 Å². The average molecular weight is 367 g/mol. The third-order valence-electron chi connectivity index (χ3n) is 5.22. The number of fused-ring (bicyclic) bond motifs is 1. The van der Waals surface area contributed by atoms with Gasteiger partial charge in [0.15, 0.2) is 0 Å². The lowest BCUT2D eigenvalue weighted by Gasteiger charge is -2.32. The Hall–Kier alpha value is -2.40. The third kappa shape index (κ3) is 5.07. The Labute approximate surface area is 161 Å². The maximum Gasteiger partial charge on any atom is 0.227 e. The minimum Gasteiger partial charge on any atom is -0.355 e. The summed E-state index contributed by atoms with van der Waals surface area (Å²) in [5.74, 6) is 0.0778. The van der Waals surface area contributed by atoms with Crippen molar-refractivity contribution in [2.45, 2.75) is 19.3 Å². The molecule has 1 heterocycles. The molecule has 3 rings (SSSR count). The average Bonchev–Trinajstić information content (AvgIpc) is 2.68. The summed E-state index contributed by atoms with van der Waals surface area (Å²) in [7, 11) is 3.97. The molecular formula is C22H29N3O2. The zero-order valence-electron chi connectivity index (χ0n) is 16.3. The fraction of sp³-hybridized carbons (Fsp3) is 0.455. The van der Waals surface area contributed by atoms with Crippen LogP contribution in [0.1, 0.15) is 18.4 Å². The Morgan fingerprint density at radius 3 is 2.74 bits per heavy atom. The van der Waals surface area contributed by atoms with E-state index in [1.165, 1.54) is 0 Å². The van der Waals surface area contributed by atoms with Crippen LogP contribution in [0.25, 0.3) is 10.8 Å². The number of rotatable bonds is 6. The van der Waals surface area contributed by atoms with Crippen molar-refractivity contribution >= 4 is 22.6 Å². The topological polar surface area (TPSA) is 52.7 Å². The summed E-state index contributed by atoms with van der Waals surface area (Å²) in [6.45, 7) is 2.73. The molecule has 1 fully saturated rings. The number of amides is 2. The van der Waals surface area contributed by atoms with Crippen molar-refractivity contribution in [3.63, 3.8) is 0 Å². The summed E-state index contributed by atoms with van der Waals surface area (Å²) >= 11 is 0. The lowest BCUT2D eigenvalue weighted by atomic mass is 9.96. The largest absolute Gasteiger partial charge is 0.355 e. The first-order valence-corrected chi connectivity index (χ1v) is 9.71. The van der Waals surface area contributed by atoms with E-state index in [0.717, 1.165) is 42.3 Å². The van der Waals surface area contributed by atoms with Gasteiger partial charge in [-0.05, 0) is 43.3 Å². The third-order valence-corrected chi connectivity index (χ3v) is 5.22. The number of nitrogens with zero attached hydrogens (tertiary/aromatic N) is 2. The molecule has 0 aliphatic carbocycles. The van der Waals surface area contributed by atoms with Gasteiger partial charge in [-0.3, -0.25) is 9.59 Å². The van der Waals surface area contributed by atoms with Crippen LogP contribution in [-0.2, 0) is 16.0 Å². The van der Waals surface area contributed by atoms with Crippen LogP contribution >= 0.6 is 0 Å². The predicted molar refractivity (Wildman–Crippen MR) is 109 cm³/mol. The molecule has 0 aromatic heterocycles. The minimum absolute atomic E-state index is 0.0690. The highest BCUT2D eigenvalue weighted by Crippen LogP contribution is 2.22. The Kier molecular flexibility index (Phi) is 6.45. The second kappa shape index (κ2) is 9.00. The fourth-order valence-corrected chi connectivity index (χ4v) is 3.69. The summed E-state index contributed by atoms with van der Waals surface area (Å²) in [5, 5.41) is 5.28. The zero-order valence-corrected chi connectivity index (χ0v) is 16.3. The van der Waals surface area contributed by atoms with Crippen LogP contribution < -0.4 is 5.32 Å². The van der Waals surface area contributed by atoms with Crippen LogP contribution in [0.2, 0.25) is 0 Å². The predicted octanol–water partition coefficient (Wildman–Crippen LogP) is 2.30. The van der Waals surface area contributed by atoms with E-state index >= 15 is 0 Å². The lowest BCUT2D eigenvalue weighted by Crippen LogP contribution is -2.46. The summed E-state index contributed by atoms with van der Waals surface area (Å²) in [6, 6.07) is 14.2. The van der Waals surface area contributed by atoms with Crippen LogP contribution in [-0.4, -0.2) is 61.9 Å². The molecule has 1 aliphatic heterocycles. The highest BCUT2D eigenvalue weighted by atomic mass is 16.2. The molecule has 0 bridgehead atoms.